The Hall–Kier alpha value is -1.51. The third kappa shape index (κ3) is 3.76. The molecule has 3 rings (SSSR count). The number of carbonyl (C=O) groups is 1. The second kappa shape index (κ2) is 7.58. The van der Waals surface area contributed by atoms with Crippen LogP contribution >= 0.6 is 0 Å². The number of piperazine rings is 1. The van der Waals surface area contributed by atoms with E-state index in [1.54, 1.807) is 0 Å². The molecule has 3 heterocycles. The first-order valence-electron chi connectivity index (χ1n) is 8.71. The Morgan fingerprint density at radius 3 is 2.25 bits per heavy atom. The zero-order valence-corrected chi connectivity index (χ0v) is 14.8. The van der Waals surface area contributed by atoms with Crippen LogP contribution in [0.4, 0.5) is 0 Å². The van der Waals surface area contributed by atoms with Crippen molar-refractivity contribution in [3.05, 3.63) is 11.7 Å². The molecule has 8 heteroatoms. The van der Waals surface area contributed by atoms with Gasteiger partial charge in [0.25, 0.3) is 0 Å². The van der Waals surface area contributed by atoms with E-state index in [9.17, 15) is 4.79 Å². The number of morpholine rings is 1. The van der Waals surface area contributed by atoms with Crippen LogP contribution in [-0.2, 0) is 9.53 Å². The zero-order valence-electron chi connectivity index (χ0n) is 14.8. The molecule has 0 unspecified atom stereocenters. The Morgan fingerprint density at radius 2 is 1.67 bits per heavy atom. The van der Waals surface area contributed by atoms with Crippen LogP contribution in [0.1, 0.15) is 31.6 Å². The number of aromatic nitrogens is 2. The average molecular weight is 337 g/mol. The molecule has 0 bridgehead atoms. The number of hydrogen-bond acceptors (Lipinski definition) is 7. The highest BCUT2D eigenvalue weighted by Crippen LogP contribution is 2.21. The second-order valence-corrected chi connectivity index (χ2v) is 6.54. The van der Waals surface area contributed by atoms with E-state index in [2.05, 4.69) is 26.9 Å². The fourth-order valence-corrected chi connectivity index (χ4v) is 3.36. The molecule has 1 aromatic heterocycles. The summed E-state index contributed by atoms with van der Waals surface area (Å²) in [5.41, 5.74) is 0. The lowest BCUT2D eigenvalue weighted by Gasteiger charge is -2.40. The van der Waals surface area contributed by atoms with Gasteiger partial charge in [0.05, 0.1) is 25.3 Å². The molecule has 2 fully saturated rings. The molecular weight excluding hydrogens is 310 g/mol. The van der Waals surface area contributed by atoms with Crippen LogP contribution < -0.4 is 0 Å². The summed E-state index contributed by atoms with van der Waals surface area (Å²) >= 11 is 0. The lowest BCUT2D eigenvalue weighted by atomic mass is 10.1. The van der Waals surface area contributed by atoms with Gasteiger partial charge >= 0.3 is 0 Å². The van der Waals surface area contributed by atoms with Crippen LogP contribution in [0.2, 0.25) is 0 Å². The molecule has 1 amide bonds. The smallest absolute Gasteiger partial charge is 0.243 e. The second-order valence-electron chi connectivity index (χ2n) is 6.54. The van der Waals surface area contributed by atoms with E-state index in [1.807, 2.05) is 18.7 Å². The molecular formula is C16H27N5O3. The molecule has 2 aliphatic heterocycles. The van der Waals surface area contributed by atoms with E-state index < -0.39 is 0 Å². The van der Waals surface area contributed by atoms with Crippen molar-refractivity contribution >= 4 is 5.91 Å². The van der Waals surface area contributed by atoms with E-state index in [0.29, 0.717) is 38.0 Å². The van der Waals surface area contributed by atoms with Gasteiger partial charge < -0.3 is 14.2 Å². The molecule has 0 aliphatic carbocycles. The summed E-state index contributed by atoms with van der Waals surface area (Å²) in [4.78, 5) is 23.5. The Morgan fingerprint density at radius 1 is 1.04 bits per heavy atom. The lowest BCUT2D eigenvalue weighted by Crippen LogP contribution is -2.56. The maximum absolute atomic E-state index is 12.6. The van der Waals surface area contributed by atoms with Crippen LogP contribution in [0.25, 0.3) is 0 Å². The van der Waals surface area contributed by atoms with Gasteiger partial charge in [0.2, 0.25) is 11.8 Å². The third-order valence-corrected chi connectivity index (χ3v) is 5.03. The average Bonchev–Trinajstić information content (AvgIpc) is 3.07. The van der Waals surface area contributed by atoms with E-state index in [-0.39, 0.29) is 18.0 Å². The predicted molar refractivity (Wildman–Crippen MR) is 87.5 cm³/mol. The van der Waals surface area contributed by atoms with E-state index in [4.69, 9.17) is 9.26 Å². The van der Waals surface area contributed by atoms with Crippen LogP contribution in [0.15, 0.2) is 4.52 Å². The van der Waals surface area contributed by atoms with Gasteiger partial charge in [0, 0.05) is 39.3 Å². The summed E-state index contributed by atoms with van der Waals surface area (Å²) in [5.74, 6) is 1.55. The van der Waals surface area contributed by atoms with Crippen molar-refractivity contribution in [2.75, 3.05) is 52.5 Å². The Balaban J connectivity index is 1.51. The minimum Gasteiger partial charge on any atom is -0.378 e. The zero-order chi connectivity index (χ0) is 17.1. The summed E-state index contributed by atoms with van der Waals surface area (Å²) in [6.07, 6.45) is 0. The standard InChI is InChI=1S/C16H27N5O3/c1-12(15-17-14(3)18-24-15)19-4-6-20(7-5-19)13(2)16(22)21-8-10-23-11-9-21/h12-13H,4-11H2,1-3H3/t12-,13+/m1/s1. The molecule has 0 aromatic carbocycles. The lowest BCUT2D eigenvalue weighted by molar-refractivity contribution is -0.141. The first-order chi connectivity index (χ1) is 11.6. The van der Waals surface area contributed by atoms with E-state index in [1.165, 1.54) is 0 Å². The van der Waals surface area contributed by atoms with Crippen LogP contribution in [0.3, 0.4) is 0 Å². The number of hydrogen-bond donors (Lipinski definition) is 0. The fourth-order valence-electron chi connectivity index (χ4n) is 3.36. The third-order valence-electron chi connectivity index (χ3n) is 5.03. The van der Waals surface area contributed by atoms with Gasteiger partial charge in [0.1, 0.15) is 0 Å². The van der Waals surface area contributed by atoms with Crippen LogP contribution in [0, 0.1) is 6.92 Å². The highest BCUT2D eigenvalue weighted by molar-refractivity contribution is 5.81. The van der Waals surface area contributed by atoms with Crippen molar-refractivity contribution in [3.63, 3.8) is 0 Å². The Kier molecular flexibility index (Phi) is 5.47. The van der Waals surface area contributed by atoms with Crippen molar-refractivity contribution in [2.24, 2.45) is 0 Å². The first-order valence-corrected chi connectivity index (χ1v) is 8.71. The minimum absolute atomic E-state index is 0.0776. The van der Waals surface area contributed by atoms with Crippen molar-refractivity contribution < 1.29 is 14.1 Å². The number of nitrogens with zero attached hydrogens (tertiary/aromatic N) is 5. The normalized spacial score (nSPS) is 23.2. The highest BCUT2D eigenvalue weighted by Gasteiger charge is 2.31. The van der Waals surface area contributed by atoms with Crippen LogP contribution in [-0.4, -0.2) is 89.3 Å². The monoisotopic (exact) mass is 337 g/mol. The maximum Gasteiger partial charge on any atom is 0.243 e. The molecule has 134 valence electrons. The number of ether oxygens (including phenoxy) is 1. The number of amides is 1. The number of aryl methyl sites for hydroxylation is 1. The Bertz CT molecular complexity index is 550. The molecule has 2 aliphatic rings. The Labute approximate surface area is 142 Å². The topological polar surface area (TPSA) is 74.9 Å². The largest absolute Gasteiger partial charge is 0.378 e. The summed E-state index contributed by atoms with van der Waals surface area (Å²) in [6, 6.07) is 0.0322. The predicted octanol–water partition coefficient (Wildman–Crippen LogP) is 0.304. The summed E-state index contributed by atoms with van der Waals surface area (Å²) in [6.45, 7) is 12.2. The molecule has 0 N–H and O–H groups in total. The molecule has 8 nitrogen and oxygen atoms in total. The van der Waals surface area contributed by atoms with E-state index >= 15 is 0 Å². The summed E-state index contributed by atoms with van der Waals surface area (Å²) < 4.78 is 10.6. The van der Waals surface area contributed by atoms with Gasteiger partial charge in [0.15, 0.2) is 5.82 Å². The summed E-state index contributed by atoms with van der Waals surface area (Å²) in [7, 11) is 0. The van der Waals surface area contributed by atoms with Gasteiger partial charge in [-0.2, -0.15) is 4.98 Å². The fraction of sp³-hybridized carbons (Fsp3) is 0.812. The molecule has 0 spiro atoms. The summed E-state index contributed by atoms with van der Waals surface area (Å²) in [5, 5.41) is 3.87. The molecule has 2 atom stereocenters. The van der Waals surface area contributed by atoms with Crippen molar-refractivity contribution in [2.45, 2.75) is 32.9 Å². The SMILES string of the molecule is Cc1noc([C@@H](C)N2CCN([C@@H](C)C(=O)N3CCOCC3)CC2)n1. The van der Waals surface area contributed by atoms with Gasteiger partial charge in [-0.25, -0.2) is 0 Å². The first kappa shape index (κ1) is 17.3. The minimum atomic E-state index is -0.0776. The van der Waals surface area contributed by atoms with Crippen molar-refractivity contribution in [3.8, 4) is 0 Å². The maximum atomic E-state index is 12.6. The van der Waals surface area contributed by atoms with Crippen molar-refractivity contribution in [1.82, 2.24) is 24.8 Å². The van der Waals surface area contributed by atoms with E-state index in [0.717, 1.165) is 26.2 Å². The molecule has 0 radical (unpaired) electrons. The van der Waals surface area contributed by atoms with Gasteiger partial charge in [-0.1, -0.05) is 5.16 Å². The van der Waals surface area contributed by atoms with Crippen molar-refractivity contribution in [1.29, 1.82) is 0 Å². The molecule has 1 aromatic rings. The highest BCUT2D eigenvalue weighted by atomic mass is 16.5. The van der Waals surface area contributed by atoms with Crippen LogP contribution in [0.5, 0.6) is 0 Å². The molecule has 24 heavy (non-hydrogen) atoms. The quantitative estimate of drug-likeness (QED) is 0.782. The molecule has 0 saturated carbocycles. The molecule has 2 saturated heterocycles. The number of carbonyl (C=O) groups excluding carboxylic acids is 1. The number of rotatable bonds is 4. The van der Waals surface area contributed by atoms with Gasteiger partial charge in [-0.15, -0.1) is 0 Å². The van der Waals surface area contributed by atoms with Gasteiger partial charge in [-0.05, 0) is 20.8 Å². The van der Waals surface area contributed by atoms with Gasteiger partial charge in [-0.3, -0.25) is 14.6 Å².